The van der Waals surface area contributed by atoms with Gasteiger partial charge in [-0.05, 0) is 6.92 Å². The Kier molecular flexibility index (Phi) is 2.49. The molecule has 2 rings (SSSR count). The van der Waals surface area contributed by atoms with Crippen molar-refractivity contribution < 1.29 is 0 Å². The van der Waals surface area contributed by atoms with E-state index in [0.29, 0.717) is 17.7 Å². The molecule has 6 nitrogen and oxygen atoms in total. The molecular weight excluding hydrogens is 220 g/mol. The molecule has 0 aliphatic heterocycles. The summed E-state index contributed by atoms with van der Waals surface area (Å²) in [5.41, 5.74) is 0.960. The topological polar surface area (TPSA) is 61.8 Å². The van der Waals surface area contributed by atoms with E-state index in [1.165, 1.54) is 17.9 Å². The fourth-order valence-corrected chi connectivity index (χ4v) is 1.79. The molecule has 2 heterocycles. The monoisotopic (exact) mass is 234 g/mol. The molecule has 0 unspecified atom stereocenters. The zero-order valence-corrected chi connectivity index (χ0v) is 10.1. The highest BCUT2D eigenvalue weighted by atomic mass is 16.2. The lowest BCUT2D eigenvalue weighted by molar-refractivity contribution is 0.662. The van der Waals surface area contributed by atoms with Crippen molar-refractivity contribution in [2.45, 2.75) is 13.5 Å². The first-order chi connectivity index (χ1) is 7.93. The number of hydrogen-bond donors (Lipinski definition) is 0. The molecule has 6 heteroatoms. The SMILES string of the molecule is C=C(C)Cn1c(=O)n(C)c(=O)c2c1ncn2C. The van der Waals surface area contributed by atoms with E-state index in [-0.39, 0.29) is 11.2 Å². The van der Waals surface area contributed by atoms with E-state index in [0.717, 1.165) is 10.1 Å². The molecule has 0 amide bonds. The third-order valence-corrected chi connectivity index (χ3v) is 2.63. The van der Waals surface area contributed by atoms with Crippen molar-refractivity contribution in [1.29, 1.82) is 0 Å². The van der Waals surface area contributed by atoms with Crippen molar-refractivity contribution in [3.63, 3.8) is 0 Å². The maximum Gasteiger partial charge on any atom is 0.332 e. The van der Waals surface area contributed by atoms with E-state index in [4.69, 9.17) is 0 Å². The van der Waals surface area contributed by atoms with E-state index >= 15 is 0 Å². The van der Waals surface area contributed by atoms with Crippen molar-refractivity contribution in [1.82, 2.24) is 18.7 Å². The molecular formula is C11H14N4O2. The van der Waals surface area contributed by atoms with E-state index in [9.17, 15) is 9.59 Å². The van der Waals surface area contributed by atoms with Crippen LogP contribution in [0.25, 0.3) is 11.2 Å². The van der Waals surface area contributed by atoms with Crippen LogP contribution in [0.4, 0.5) is 0 Å². The Morgan fingerprint density at radius 2 is 2.06 bits per heavy atom. The van der Waals surface area contributed by atoms with Gasteiger partial charge in [-0.1, -0.05) is 12.2 Å². The van der Waals surface area contributed by atoms with Gasteiger partial charge in [-0.15, -0.1) is 0 Å². The van der Waals surface area contributed by atoms with Crippen molar-refractivity contribution in [3.8, 4) is 0 Å². The number of fused-ring (bicyclic) bond motifs is 1. The summed E-state index contributed by atoms with van der Waals surface area (Å²) in [6.07, 6.45) is 1.53. The van der Waals surface area contributed by atoms with Crippen LogP contribution in [0.3, 0.4) is 0 Å². The summed E-state index contributed by atoms with van der Waals surface area (Å²) >= 11 is 0. The van der Waals surface area contributed by atoms with Crippen LogP contribution in [0.5, 0.6) is 0 Å². The van der Waals surface area contributed by atoms with Gasteiger partial charge in [0.15, 0.2) is 11.2 Å². The molecule has 17 heavy (non-hydrogen) atoms. The van der Waals surface area contributed by atoms with Crippen LogP contribution in [-0.2, 0) is 20.6 Å². The Morgan fingerprint density at radius 1 is 1.41 bits per heavy atom. The summed E-state index contributed by atoms with van der Waals surface area (Å²) in [6.45, 7) is 5.96. The normalized spacial score (nSPS) is 11.0. The van der Waals surface area contributed by atoms with Gasteiger partial charge >= 0.3 is 5.69 Å². The molecule has 0 N–H and O–H groups in total. The van der Waals surface area contributed by atoms with Crippen LogP contribution in [0.15, 0.2) is 28.1 Å². The second-order valence-corrected chi connectivity index (χ2v) is 4.22. The number of hydrogen-bond acceptors (Lipinski definition) is 3. The van der Waals surface area contributed by atoms with E-state index < -0.39 is 0 Å². The Bertz CT molecular complexity index is 717. The average Bonchev–Trinajstić information content (AvgIpc) is 2.63. The maximum absolute atomic E-state index is 12.0. The highest BCUT2D eigenvalue weighted by molar-refractivity contribution is 5.69. The van der Waals surface area contributed by atoms with Gasteiger partial charge in [-0.3, -0.25) is 13.9 Å². The standard InChI is InChI=1S/C11H14N4O2/c1-7(2)5-15-9-8(13(3)6-12-9)10(16)14(4)11(15)17/h6H,1,5H2,2-4H3. The number of nitrogens with zero attached hydrogens (tertiary/aromatic N) is 4. The van der Waals surface area contributed by atoms with E-state index in [2.05, 4.69) is 11.6 Å². The quantitative estimate of drug-likeness (QED) is 0.688. The maximum atomic E-state index is 12.0. The van der Waals surface area contributed by atoms with Crippen LogP contribution in [0.2, 0.25) is 0 Å². The van der Waals surface area contributed by atoms with Crippen LogP contribution in [-0.4, -0.2) is 18.7 Å². The van der Waals surface area contributed by atoms with Gasteiger partial charge in [0, 0.05) is 20.6 Å². The molecule has 2 aromatic heterocycles. The highest BCUT2D eigenvalue weighted by Crippen LogP contribution is 2.05. The predicted octanol–water partition coefficient (Wildman–Crippen LogP) is 0.00980. The lowest BCUT2D eigenvalue weighted by atomic mass is 10.3. The minimum Gasteiger partial charge on any atom is -0.328 e. The third kappa shape index (κ3) is 1.61. The van der Waals surface area contributed by atoms with Crippen LogP contribution >= 0.6 is 0 Å². The molecule has 0 spiro atoms. The molecule has 0 aromatic carbocycles. The van der Waals surface area contributed by atoms with Gasteiger partial charge < -0.3 is 4.57 Å². The van der Waals surface area contributed by atoms with Crippen molar-refractivity contribution >= 4 is 11.2 Å². The van der Waals surface area contributed by atoms with Crippen LogP contribution in [0, 0.1) is 0 Å². The minimum absolute atomic E-state index is 0.331. The number of imidazole rings is 1. The van der Waals surface area contributed by atoms with Gasteiger partial charge in [0.05, 0.1) is 6.33 Å². The lowest BCUT2D eigenvalue weighted by Gasteiger charge is -2.08. The summed E-state index contributed by atoms with van der Waals surface area (Å²) in [6, 6.07) is 0. The zero-order chi connectivity index (χ0) is 12.7. The summed E-state index contributed by atoms with van der Waals surface area (Å²) < 4.78 is 4.16. The van der Waals surface area contributed by atoms with Crippen molar-refractivity contribution in [2.75, 3.05) is 0 Å². The molecule has 0 fully saturated rings. The van der Waals surface area contributed by atoms with E-state index in [1.807, 2.05) is 6.92 Å². The first-order valence-electron chi connectivity index (χ1n) is 5.18. The number of aryl methyl sites for hydroxylation is 1. The fraction of sp³-hybridized carbons (Fsp3) is 0.364. The zero-order valence-electron chi connectivity index (χ0n) is 10.1. The molecule has 0 atom stereocenters. The molecule has 0 saturated heterocycles. The predicted molar refractivity (Wildman–Crippen MR) is 65.0 cm³/mol. The summed E-state index contributed by atoms with van der Waals surface area (Å²) in [5.74, 6) is 0. The Hall–Kier alpha value is -2.11. The summed E-state index contributed by atoms with van der Waals surface area (Å²) in [5, 5.41) is 0. The van der Waals surface area contributed by atoms with Crippen LogP contribution < -0.4 is 11.2 Å². The molecule has 90 valence electrons. The second kappa shape index (κ2) is 3.73. The fourth-order valence-electron chi connectivity index (χ4n) is 1.79. The Labute approximate surface area is 97.4 Å². The first kappa shape index (κ1) is 11.4. The lowest BCUT2D eigenvalue weighted by Crippen LogP contribution is -2.38. The first-order valence-corrected chi connectivity index (χ1v) is 5.18. The molecule has 2 aromatic rings. The smallest absolute Gasteiger partial charge is 0.328 e. The third-order valence-electron chi connectivity index (χ3n) is 2.63. The Balaban J connectivity index is 2.97. The number of aromatic nitrogens is 4. The van der Waals surface area contributed by atoms with Gasteiger partial charge in [0.1, 0.15) is 0 Å². The van der Waals surface area contributed by atoms with Gasteiger partial charge in [-0.2, -0.15) is 0 Å². The highest BCUT2D eigenvalue weighted by Gasteiger charge is 2.14. The van der Waals surface area contributed by atoms with Crippen LogP contribution in [0.1, 0.15) is 6.92 Å². The molecule has 0 radical (unpaired) electrons. The molecule has 0 saturated carbocycles. The number of rotatable bonds is 2. The summed E-state index contributed by atoms with van der Waals surface area (Å²) in [4.78, 5) is 28.0. The van der Waals surface area contributed by atoms with Crippen molar-refractivity contribution in [2.24, 2.45) is 14.1 Å². The largest absolute Gasteiger partial charge is 0.332 e. The van der Waals surface area contributed by atoms with Gasteiger partial charge in [0.25, 0.3) is 5.56 Å². The Morgan fingerprint density at radius 3 is 2.65 bits per heavy atom. The minimum atomic E-state index is -0.371. The second-order valence-electron chi connectivity index (χ2n) is 4.22. The molecule has 0 aliphatic rings. The average molecular weight is 234 g/mol. The van der Waals surface area contributed by atoms with Gasteiger partial charge in [0.2, 0.25) is 0 Å². The van der Waals surface area contributed by atoms with Crippen molar-refractivity contribution in [3.05, 3.63) is 39.3 Å². The van der Waals surface area contributed by atoms with E-state index in [1.54, 1.807) is 11.6 Å². The van der Waals surface area contributed by atoms with Gasteiger partial charge in [-0.25, -0.2) is 9.78 Å². The summed E-state index contributed by atoms with van der Waals surface area (Å²) in [7, 11) is 3.19. The number of allylic oxidation sites excluding steroid dienone is 1. The molecule has 0 bridgehead atoms. The molecule has 0 aliphatic carbocycles.